The lowest BCUT2D eigenvalue weighted by Crippen LogP contribution is -2.22. The summed E-state index contributed by atoms with van der Waals surface area (Å²) in [5, 5.41) is 8.52. The average molecular weight is 470 g/mol. The number of anilines is 1. The number of aryl methyl sites for hydroxylation is 1. The molecule has 0 bridgehead atoms. The number of para-hydroxylation sites is 1. The molecular weight excluding hydrogens is 450 g/mol. The molecule has 0 saturated carbocycles. The molecule has 5 aromatic rings. The number of benzene rings is 3. The fourth-order valence-electron chi connectivity index (χ4n) is 3.78. The van der Waals surface area contributed by atoms with Crippen molar-refractivity contribution in [2.45, 2.75) is 6.92 Å². The van der Waals surface area contributed by atoms with Gasteiger partial charge in [0, 0.05) is 16.3 Å². The standard InChI is InChI=1S/C26H20ClN5O2/c1-17-30-25-23(15-29-32(25)22-5-3-2-4-6-22)26(34)31(17)21-13-11-20(12-14-21)28-16-24(33)18-7-9-19(27)10-8-18/h2-15,28H,16H2,1H3. The van der Waals surface area contributed by atoms with E-state index in [0.29, 0.717) is 33.1 Å². The zero-order valence-electron chi connectivity index (χ0n) is 18.3. The van der Waals surface area contributed by atoms with Crippen LogP contribution in [0.5, 0.6) is 0 Å². The van der Waals surface area contributed by atoms with Gasteiger partial charge in [0.05, 0.1) is 24.1 Å². The Morgan fingerprint density at radius 3 is 2.35 bits per heavy atom. The van der Waals surface area contributed by atoms with Crippen LogP contribution in [0.25, 0.3) is 22.4 Å². The molecule has 0 aliphatic rings. The van der Waals surface area contributed by atoms with Crippen molar-refractivity contribution in [2.75, 3.05) is 11.9 Å². The topological polar surface area (TPSA) is 81.8 Å². The Kier molecular flexibility index (Phi) is 5.69. The first kappa shape index (κ1) is 21.6. The molecule has 0 aliphatic carbocycles. The van der Waals surface area contributed by atoms with Crippen molar-refractivity contribution in [1.29, 1.82) is 0 Å². The molecule has 0 atom stereocenters. The van der Waals surface area contributed by atoms with Gasteiger partial charge in [0.2, 0.25) is 0 Å². The molecule has 0 aliphatic heterocycles. The average Bonchev–Trinajstić information content (AvgIpc) is 3.28. The molecule has 0 radical (unpaired) electrons. The summed E-state index contributed by atoms with van der Waals surface area (Å²) in [6.45, 7) is 1.94. The van der Waals surface area contributed by atoms with Gasteiger partial charge in [0.1, 0.15) is 11.2 Å². The van der Waals surface area contributed by atoms with Crippen molar-refractivity contribution in [1.82, 2.24) is 19.3 Å². The molecule has 0 unspecified atom stereocenters. The van der Waals surface area contributed by atoms with E-state index in [2.05, 4.69) is 15.4 Å². The van der Waals surface area contributed by atoms with E-state index in [0.717, 1.165) is 11.4 Å². The number of fused-ring (bicyclic) bond motifs is 1. The van der Waals surface area contributed by atoms with Gasteiger partial charge < -0.3 is 5.32 Å². The number of hydrogen-bond acceptors (Lipinski definition) is 5. The largest absolute Gasteiger partial charge is 0.378 e. The molecule has 0 fully saturated rings. The number of carbonyl (C=O) groups is 1. The normalized spacial score (nSPS) is 11.0. The van der Waals surface area contributed by atoms with Gasteiger partial charge in [-0.3, -0.25) is 14.2 Å². The van der Waals surface area contributed by atoms with Crippen molar-refractivity contribution in [2.24, 2.45) is 0 Å². The van der Waals surface area contributed by atoms with Crippen LogP contribution in [-0.2, 0) is 0 Å². The Labute approximate surface area is 200 Å². The molecule has 8 heteroatoms. The number of ketones is 1. The van der Waals surface area contributed by atoms with Gasteiger partial charge in [-0.1, -0.05) is 29.8 Å². The lowest BCUT2D eigenvalue weighted by atomic mass is 10.1. The fraction of sp³-hybridized carbons (Fsp3) is 0.0769. The van der Waals surface area contributed by atoms with Gasteiger partial charge in [0.15, 0.2) is 11.4 Å². The highest BCUT2D eigenvalue weighted by Crippen LogP contribution is 2.18. The summed E-state index contributed by atoms with van der Waals surface area (Å²) < 4.78 is 3.22. The monoisotopic (exact) mass is 469 g/mol. The third-order valence-corrected chi connectivity index (χ3v) is 5.77. The fourth-order valence-corrected chi connectivity index (χ4v) is 3.91. The van der Waals surface area contributed by atoms with E-state index in [1.807, 2.05) is 54.6 Å². The van der Waals surface area contributed by atoms with E-state index in [4.69, 9.17) is 11.6 Å². The number of hydrogen-bond donors (Lipinski definition) is 1. The predicted octanol–water partition coefficient (Wildman–Crippen LogP) is 4.83. The van der Waals surface area contributed by atoms with E-state index in [1.54, 1.807) is 46.6 Å². The van der Waals surface area contributed by atoms with Gasteiger partial charge in [0.25, 0.3) is 5.56 Å². The predicted molar refractivity (Wildman–Crippen MR) is 133 cm³/mol. The summed E-state index contributed by atoms with van der Waals surface area (Å²) >= 11 is 5.88. The summed E-state index contributed by atoms with van der Waals surface area (Å²) in [7, 11) is 0. The highest BCUT2D eigenvalue weighted by molar-refractivity contribution is 6.30. The van der Waals surface area contributed by atoms with E-state index < -0.39 is 0 Å². The molecular formula is C26H20ClN5O2. The molecule has 2 aromatic heterocycles. The number of nitrogens with zero attached hydrogens (tertiary/aromatic N) is 4. The molecule has 0 amide bonds. The summed E-state index contributed by atoms with van der Waals surface area (Å²) in [5.74, 6) is 0.506. The molecule has 2 heterocycles. The van der Waals surface area contributed by atoms with Gasteiger partial charge in [-0.2, -0.15) is 5.10 Å². The highest BCUT2D eigenvalue weighted by Gasteiger charge is 2.15. The molecule has 168 valence electrons. The van der Waals surface area contributed by atoms with E-state index in [1.165, 1.54) is 0 Å². The molecule has 7 nitrogen and oxygen atoms in total. The Balaban J connectivity index is 1.39. The summed E-state index contributed by atoms with van der Waals surface area (Å²) in [4.78, 5) is 30.3. The number of halogens is 1. The van der Waals surface area contributed by atoms with Crippen LogP contribution >= 0.6 is 11.6 Å². The maximum Gasteiger partial charge on any atom is 0.269 e. The molecule has 0 saturated heterocycles. The summed E-state index contributed by atoms with van der Waals surface area (Å²) in [5.41, 5.74) is 3.20. The second-order valence-electron chi connectivity index (χ2n) is 7.76. The molecule has 0 spiro atoms. The van der Waals surface area contributed by atoms with E-state index in [-0.39, 0.29) is 17.9 Å². The van der Waals surface area contributed by atoms with Crippen LogP contribution in [-0.4, -0.2) is 31.7 Å². The Bertz CT molecular complexity index is 1540. The molecule has 3 aromatic carbocycles. The third kappa shape index (κ3) is 4.09. The lowest BCUT2D eigenvalue weighted by Gasteiger charge is -2.12. The summed E-state index contributed by atoms with van der Waals surface area (Å²) in [6.07, 6.45) is 1.55. The quantitative estimate of drug-likeness (QED) is 0.360. The van der Waals surface area contributed by atoms with Crippen LogP contribution in [0.15, 0.2) is 89.9 Å². The zero-order valence-corrected chi connectivity index (χ0v) is 19.0. The minimum atomic E-state index is -0.191. The highest BCUT2D eigenvalue weighted by atomic mass is 35.5. The first-order chi connectivity index (χ1) is 16.5. The van der Waals surface area contributed by atoms with Crippen molar-refractivity contribution in [3.63, 3.8) is 0 Å². The Hall–Kier alpha value is -4.23. The Morgan fingerprint density at radius 2 is 1.65 bits per heavy atom. The molecule has 5 rings (SSSR count). The summed E-state index contributed by atoms with van der Waals surface area (Å²) in [6, 6.07) is 23.7. The van der Waals surface area contributed by atoms with Crippen molar-refractivity contribution in [3.8, 4) is 11.4 Å². The van der Waals surface area contributed by atoms with Crippen molar-refractivity contribution in [3.05, 3.63) is 112 Å². The maximum absolute atomic E-state index is 13.3. The van der Waals surface area contributed by atoms with Crippen LogP contribution < -0.4 is 10.9 Å². The number of rotatable bonds is 6. The van der Waals surface area contributed by atoms with Crippen LogP contribution in [0, 0.1) is 6.92 Å². The van der Waals surface area contributed by atoms with E-state index in [9.17, 15) is 9.59 Å². The van der Waals surface area contributed by atoms with Crippen molar-refractivity contribution < 1.29 is 4.79 Å². The Morgan fingerprint density at radius 1 is 0.941 bits per heavy atom. The number of Topliss-reactive ketones (excluding diaryl/α,β-unsaturated/α-hetero) is 1. The minimum absolute atomic E-state index is 0.0436. The number of nitrogens with one attached hydrogen (secondary N) is 1. The first-order valence-electron chi connectivity index (χ1n) is 10.7. The van der Waals surface area contributed by atoms with Crippen LogP contribution in [0.1, 0.15) is 16.2 Å². The second kappa shape index (κ2) is 8.96. The van der Waals surface area contributed by atoms with Crippen LogP contribution in [0.3, 0.4) is 0 Å². The van der Waals surface area contributed by atoms with Gasteiger partial charge in [-0.05, 0) is 67.6 Å². The van der Waals surface area contributed by atoms with Gasteiger partial charge in [-0.25, -0.2) is 9.67 Å². The maximum atomic E-state index is 13.3. The van der Waals surface area contributed by atoms with Gasteiger partial charge >= 0.3 is 0 Å². The van der Waals surface area contributed by atoms with Gasteiger partial charge in [-0.15, -0.1) is 0 Å². The second-order valence-corrected chi connectivity index (χ2v) is 8.20. The smallest absolute Gasteiger partial charge is 0.269 e. The zero-order chi connectivity index (χ0) is 23.7. The SMILES string of the molecule is Cc1nc2c(cnn2-c2ccccc2)c(=O)n1-c1ccc(NCC(=O)c2ccc(Cl)cc2)cc1. The molecule has 1 N–H and O–H groups in total. The third-order valence-electron chi connectivity index (χ3n) is 5.51. The van der Waals surface area contributed by atoms with Crippen LogP contribution in [0.4, 0.5) is 5.69 Å². The van der Waals surface area contributed by atoms with E-state index >= 15 is 0 Å². The lowest BCUT2D eigenvalue weighted by molar-refractivity contribution is 0.101. The molecule has 34 heavy (non-hydrogen) atoms. The van der Waals surface area contributed by atoms with Crippen molar-refractivity contribution >= 4 is 34.1 Å². The number of aromatic nitrogens is 4. The first-order valence-corrected chi connectivity index (χ1v) is 11.0. The van der Waals surface area contributed by atoms with Crippen LogP contribution in [0.2, 0.25) is 5.02 Å². The number of carbonyl (C=O) groups excluding carboxylic acids is 1. The minimum Gasteiger partial charge on any atom is -0.378 e.